The number of hydrogen-bond donors (Lipinski definition) is 4. The van der Waals surface area contributed by atoms with E-state index < -0.39 is 0 Å². The number of hydrogen-bond acceptors (Lipinski definition) is 4. The molecule has 9 heteroatoms. The Bertz CT molecular complexity index is 1190. The van der Waals surface area contributed by atoms with Crippen molar-refractivity contribution in [1.29, 1.82) is 0 Å². The third-order valence-corrected chi connectivity index (χ3v) is 5.74. The number of nitrogens with zero attached hydrogens (tertiary/aromatic N) is 2. The summed E-state index contributed by atoms with van der Waals surface area (Å²) in [5, 5.41) is 8.51. The number of benzene rings is 1. The van der Waals surface area contributed by atoms with Crippen LogP contribution in [0.5, 0.6) is 0 Å². The van der Waals surface area contributed by atoms with Gasteiger partial charge in [0.15, 0.2) is 5.69 Å². The summed E-state index contributed by atoms with van der Waals surface area (Å²) in [6, 6.07) is 5.07. The molecular formula is C23H24N6O3. The molecule has 0 atom stereocenters. The fraction of sp³-hybridized carbons (Fsp3) is 0.304. The predicted octanol–water partition coefficient (Wildman–Crippen LogP) is 1.84. The largest absolute Gasteiger partial charge is 0.358 e. The minimum Gasteiger partial charge on any atom is -0.358 e. The van der Waals surface area contributed by atoms with Crippen molar-refractivity contribution in [2.75, 3.05) is 38.0 Å². The average Bonchev–Trinajstić information content (AvgIpc) is 3.22. The molecule has 9 nitrogen and oxygen atoms in total. The smallest absolute Gasteiger partial charge is 0.256 e. The first-order chi connectivity index (χ1) is 15.4. The molecule has 3 amide bonds. The van der Waals surface area contributed by atoms with Gasteiger partial charge in [0.2, 0.25) is 5.91 Å². The van der Waals surface area contributed by atoms with Crippen molar-refractivity contribution in [2.24, 2.45) is 0 Å². The van der Waals surface area contributed by atoms with Gasteiger partial charge in [0.1, 0.15) is 0 Å². The first-order valence-electron chi connectivity index (χ1n) is 10.4. The van der Waals surface area contributed by atoms with Crippen molar-refractivity contribution in [1.82, 2.24) is 20.5 Å². The first kappa shape index (κ1) is 21.3. The van der Waals surface area contributed by atoms with E-state index in [-0.39, 0.29) is 17.7 Å². The van der Waals surface area contributed by atoms with Crippen molar-refractivity contribution in [3.63, 3.8) is 0 Å². The lowest BCUT2D eigenvalue weighted by molar-refractivity contribution is -0.124. The first-order valence-corrected chi connectivity index (χ1v) is 10.4. The Balaban J connectivity index is 1.51. The third kappa shape index (κ3) is 4.13. The van der Waals surface area contributed by atoms with E-state index in [1.807, 2.05) is 18.7 Å². The molecule has 1 aromatic heterocycles. The summed E-state index contributed by atoms with van der Waals surface area (Å²) in [4.78, 5) is 45.4. The third-order valence-electron chi connectivity index (χ3n) is 5.74. The number of amides is 3. The van der Waals surface area contributed by atoms with Gasteiger partial charge >= 0.3 is 0 Å². The molecule has 4 N–H and O–H groups in total. The molecule has 2 aliphatic heterocycles. The topological polar surface area (TPSA) is 111 Å². The quantitative estimate of drug-likeness (QED) is 0.427. The predicted molar refractivity (Wildman–Crippen MR) is 121 cm³/mol. The molecule has 0 radical (unpaired) electrons. The summed E-state index contributed by atoms with van der Waals surface area (Å²) in [6.45, 7) is 13.6. The van der Waals surface area contributed by atoms with E-state index in [1.54, 1.807) is 24.3 Å². The van der Waals surface area contributed by atoms with Gasteiger partial charge < -0.3 is 20.9 Å². The number of carbonyl (C=O) groups is 3. The fourth-order valence-electron chi connectivity index (χ4n) is 4.09. The number of carbonyl (C=O) groups excluding carboxylic acids is 3. The Morgan fingerprint density at radius 1 is 1.31 bits per heavy atom. The van der Waals surface area contributed by atoms with Crippen LogP contribution in [0, 0.1) is 20.4 Å². The zero-order chi connectivity index (χ0) is 22.8. The van der Waals surface area contributed by atoms with Crippen LogP contribution in [0.15, 0.2) is 18.2 Å². The molecule has 2 aromatic rings. The number of H-pyrrole nitrogens is 1. The van der Waals surface area contributed by atoms with E-state index in [1.165, 1.54) is 0 Å². The van der Waals surface area contributed by atoms with Crippen molar-refractivity contribution in [2.45, 2.75) is 13.8 Å². The molecule has 1 aromatic carbocycles. The van der Waals surface area contributed by atoms with E-state index in [9.17, 15) is 14.4 Å². The molecule has 4 rings (SSSR count). The van der Waals surface area contributed by atoms with Gasteiger partial charge in [-0.3, -0.25) is 19.3 Å². The zero-order valence-electron chi connectivity index (χ0n) is 18.0. The lowest BCUT2D eigenvalue weighted by atomic mass is 10.0. The van der Waals surface area contributed by atoms with Crippen molar-refractivity contribution in [3.8, 4) is 0 Å². The van der Waals surface area contributed by atoms with Crippen LogP contribution in [0.1, 0.15) is 32.9 Å². The van der Waals surface area contributed by atoms with E-state index >= 15 is 0 Å². The molecule has 164 valence electrons. The molecule has 0 saturated carbocycles. The Morgan fingerprint density at radius 3 is 2.88 bits per heavy atom. The SMILES string of the molecule is [C-]#[N+]c1ccc2c(c1)/C(=C/c1[nH]c(C)c(C(=O)NCCN3CCNC(=O)C3)c1C)C(=O)N2. The normalized spacial score (nSPS) is 17.0. The summed E-state index contributed by atoms with van der Waals surface area (Å²) in [7, 11) is 0. The molecule has 0 spiro atoms. The summed E-state index contributed by atoms with van der Waals surface area (Å²) in [5.74, 6) is -0.446. The second-order valence-electron chi connectivity index (χ2n) is 7.90. The Hall–Kier alpha value is -3.90. The Morgan fingerprint density at radius 2 is 2.12 bits per heavy atom. The molecule has 1 saturated heterocycles. The van der Waals surface area contributed by atoms with Gasteiger partial charge in [-0.25, -0.2) is 4.85 Å². The minimum atomic E-state index is -0.245. The highest BCUT2D eigenvalue weighted by atomic mass is 16.2. The van der Waals surface area contributed by atoms with Crippen molar-refractivity contribution >= 4 is 40.7 Å². The summed E-state index contributed by atoms with van der Waals surface area (Å²) in [6.07, 6.45) is 1.72. The highest BCUT2D eigenvalue weighted by Crippen LogP contribution is 2.36. The van der Waals surface area contributed by atoms with E-state index in [4.69, 9.17) is 6.57 Å². The van der Waals surface area contributed by atoms with Crippen LogP contribution >= 0.6 is 0 Å². The van der Waals surface area contributed by atoms with E-state index in [0.717, 1.165) is 12.1 Å². The van der Waals surface area contributed by atoms with Crippen LogP contribution in [0.2, 0.25) is 0 Å². The number of aromatic nitrogens is 1. The molecule has 2 aliphatic rings. The molecule has 1 fully saturated rings. The maximum atomic E-state index is 12.8. The van der Waals surface area contributed by atoms with Crippen LogP contribution < -0.4 is 16.0 Å². The van der Waals surface area contributed by atoms with Crippen molar-refractivity contribution in [3.05, 3.63) is 57.7 Å². The van der Waals surface area contributed by atoms with Gasteiger partial charge in [0, 0.05) is 54.4 Å². The molecule has 32 heavy (non-hydrogen) atoms. The van der Waals surface area contributed by atoms with E-state index in [2.05, 4.69) is 25.8 Å². The summed E-state index contributed by atoms with van der Waals surface area (Å²) in [5.41, 5.74) is 4.91. The second kappa shape index (κ2) is 8.69. The molecule has 0 bridgehead atoms. The highest BCUT2D eigenvalue weighted by molar-refractivity contribution is 6.35. The molecule has 0 unspecified atom stereocenters. The lowest BCUT2D eigenvalue weighted by Gasteiger charge is -2.26. The van der Waals surface area contributed by atoms with Gasteiger partial charge in [-0.2, -0.15) is 0 Å². The standard InChI is InChI=1S/C23H24N6O3/c1-13-19(11-17-16-10-15(24-3)4-5-18(16)28-22(17)31)27-14(2)21(13)23(32)26-7-9-29-8-6-25-20(30)12-29/h4-5,10-11,27H,6-9,12H2,1-2H3,(H,25,30)(H,26,32)(H,28,31)/b17-11-. The number of aryl methyl sites for hydroxylation is 1. The van der Waals surface area contributed by atoms with Crippen LogP contribution in [0.25, 0.3) is 16.5 Å². The number of fused-ring (bicyclic) bond motifs is 1. The average molecular weight is 432 g/mol. The summed E-state index contributed by atoms with van der Waals surface area (Å²) < 4.78 is 0. The highest BCUT2D eigenvalue weighted by Gasteiger charge is 2.26. The van der Waals surface area contributed by atoms with Gasteiger partial charge in [0.25, 0.3) is 11.8 Å². The minimum absolute atomic E-state index is 0.00128. The van der Waals surface area contributed by atoms with Crippen LogP contribution in [-0.2, 0) is 9.59 Å². The summed E-state index contributed by atoms with van der Waals surface area (Å²) >= 11 is 0. The van der Waals surface area contributed by atoms with Gasteiger partial charge in [-0.05, 0) is 37.6 Å². The van der Waals surface area contributed by atoms with Gasteiger partial charge in [-0.1, -0.05) is 6.07 Å². The Labute approximate surface area is 185 Å². The number of anilines is 1. The van der Waals surface area contributed by atoms with Crippen LogP contribution in [0.3, 0.4) is 0 Å². The number of piperazine rings is 1. The van der Waals surface area contributed by atoms with Crippen LogP contribution in [0.4, 0.5) is 11.4 Å². The lowest BCUT2D eigenvalue weighted by Crippen LogP contribution is -2.49. The number of aromatic amines is 1. The molecule has 3 heterocycles. The molecule has 0 aliphatic carbocycles. The Kier molecular flexibility index (Phi) is 5.79. The zero-order valence-corrected chi connectivity index (χ0v) is 18.0. The number of rotatable bonds is 5. The maximum Gasteiger partial charge on any atom is 0.256 e. The van der Waals surface area contributed by atoms with Gasteiger partial charge in [0.05, 0.1) is 18.7 Å². The molecular weight excluding hydrogens is 408 g/mol. The monoisotopic (exact) mass is 432 g/mol. The van der Waals surface area contributed by atoms with Gasteiger partial charge in [-0.15, -0.1) is 0 Å². The second-order valence-corrected chi connectivity index (χ2v) is 7.90. The maximum absolute atomic E-state index is 12.8. The number of nitrogens with one attached hydrogen (secondary N) is 4. The van der Waals surface area contributed by atoms with E-state index in [0.29, 0.717) is 65.6 Å². The van der Waals surface area contributed by atoms with Crippen LogP contribution in [-0.4, -0.2) is 60.3 Å². The fourth-order valence-corrected chi connectivity index (χ4v) is 4.09. The van der Waals surface area contributed by atoms with Crippen molar-refractivity contribution < 1.29 is 14.4 Å².